The fraction of sp³-hybridized carbons (Fsp3) is 0.529. The fourth-order valence-electron chi connectivity index (χ4n) is 2.71. The number of halogens is 3. The Labute approximate surface area is 144 Å². The van der Waals surface area contributed by atoms with Crippen LogP contribution >= 0.6 is 0 Å². The van der Waals surface area contributed by atoms with Gasteiger partial charge in [-0.25, -0.2) is 19.9 Å². The molecular formula is C17H20F3N5. The number of alkyl halides is 3. The molecule has 0 saturated carbocycles. The molecule has 1 aliphatic rings. The van der Waals surface area contributed by atoms with Gasteiger partial charge in [0.25, 0.3) is 0 Å². The molecule has 5 nitrogen and oxygen atoms in total. The Morgan fingerprint density at radius 3 is 2.24 bits per heavy atom. The molecular weight excluding hydrogens is 331 g/mol. The Morgan fingerprint density at radius 2 is 1.64 bits per heavy atom. The highest BCUT2D eigenvalue weighted by molar-refractivity contribution is 5.52. The number of hydrogen-bond acceptors (Lipinski definition) is 5. The van der Waals surface area contributed by atoms with Crippen molar-refractivity contribution in [1.82, 2.24) is 19.9 Å². The number of anilines is 1. The first-order valence-corrected chi connectivity index (χ1v) is 7.99. The minimum atomic E-state index is -4.57. The summed E-state index contributed by atoms with van der Waals surface area (Å²) < 4.78 is 39.1. The van der Waals surface area contributed by atoms with Crippen LogP contribution in [0.5, 0.6) is 0 Å². The van der Waals surface area contributed by atoms with Gasteiger partial charge in [0.05, 0.1) is 12.2 Å². The van der Waals surface area contributed by atoms with Crippen LogP contribution in [-0.2, 0) is 24.7 Å². The summed E-state index contributed by atoms with van der Waals surface area (Å²) in [5.41, 5.74) is 2.54. The standard InChI is InChI=1S/C17H20F3N5/c1-9-10(2)22-15(17(18,19)20)24-13(9)25-7-11-6-21-14(16(3,4)5)23-12(11)8-25/h6H,7-8H2,1-5H3. The van der Waals surface area contributed by atoms with Crippen LogP contribution < -0.4 is 4.90 Å². The van der Waals surface area contributed by atoms with E-state index < -0.39 is 12.0 Å². The Hall–Kier alpha value is -2.25. The van der Waals surface area contributed by atoms with Gasteiger partial charge >= 0.3 is 6.18 Å². The molecule has 0 aliphatic carbocycles. The number of rotatable bonds is 1. The van der Waals surface area contributed by atoms with E-state index in [1.54, 1.807) is 24.9 Å². The second kappa shape index (κ2) is 5.64. The van der Waals surface area contributed by atoms with E-state index in [9.17, 15) is 13.2 Å². The monoisotopic (exact) mass is 351 g/mol. The van der Waals surface area contributed by atoms with Crippen LogP contribution in [0.1, 0.15) is 54.9 Å². The molecule has 2 aromatic heterocycles. The lowest BCUT2D eigenvalue weighted by molar-refractivity contribution is -0.145. The van der Waals surface area contributed by atoms with Gasteiger partial charge in [-0.05, 0) is 13.8 Å². The molecule has 1 aliphatic heterocycles. The molecule has 0 aromatic carbocycles. The van der Waals surface area contributed by atoms with Crippen molar-refractivity contribution >= 4 is 5.82 Å². The summed E-state index contributed by atoms with van der Waals surface area (Å²) in [4.78, 5) is 18.2. The molecule has 3 rings (SSSR count). The third-order valence-corrected chi connectivity index (χ3v) is 4.24. The molecule has 0 spiro atoms. The van der Waals surface area contributed by atoms with Gasteiger partial charge in [-0.3, -0.25) is 0 Å². The fourth-order valence-corrected chi connectivity index (χ4v) is 2.71. The van der Waals surface area contributed by atoms with Crippen LogP contribution in [0.25, 0.3) is 0 Å². The van der Waals surface area contributed by atoms with E-state index in [1.807, 2.05) is 20.8 Å². The molecule has 0 N–H and O–H groups in total. The van der Waals surface area contributed by atoms with Crippen LogP contribution in [0.3, 0.4) is 0 Å². The van der Waals surface area contributed by atoms with E-state index in [0.717, 1.165) is 17.1 Å². The molecule has 2 aromatic rings. The van der Waals surface area contributed by atoms with E-state index in [4.69, 9.17) is 0 Å². The smallest absolute Gasteiger partial charge is 0.346 e. The Balaban J connectivity index is 1.98. The van der Waals surface area contributed by atoms with Crippen molar-refractivity contribution in [2.24, 2.45) is 0 Å². The van der Waals surface area contributed by atoms with Gasteiger partial charge in [-0.15, -0.1) is 0 Å². The van der Waals surface area contributed by atoms with Crippen LogP contribution in [0.2, 0.25) is 0 Å². The van der Waals surface area contributed by atoms with Crippen molar-refractivity contribution in [2.75, 3.05) is 4.90 Å². The summed E-state index contributed by atoms with van der Waals surface area (Å²) in [6.07, 6.45) is -2.81. The highest BCUT2D eigenvalue weighted by Gasteiger charge is 2.37. The average Bonchev–Trinajstić information content (AvgIpc) is 2.90. The molecule has 0 amide bonds. The maximum absolute atomic E-state index is 13.0. The maximum Gasteiger partial charge on any atom is 0.451 e. The van der Waals surface area contributed by atoms with Crippen LogP contribution in [0.15, 0.2) is 6.20 Å². The highest BCUT2D eigenvalue weighted by atomic mass is 19.4. The number of nitrogens with zero attached hydrogens (tertiary/aromatic N) is 5. The lowest BCUT2D eigenvalue weighted by Gasteiger charge is -2.21. The zero-order valence-electron chi connectivity index (χ0n) is 14.9. The summed E-state index contributed by atoms with van der Waals surface area (Å²) in [5.74, 6) is -0.0853. The quantitative estimate of drug-likeness (QED) is 0.784. The van der Waals surface area contributed by atoms with E-state index >= 15 is 0 Å². The van der Waals surface area contributed by atoms with Gasteiger partial charge in [0.1, 0.15) is 11.6 Å². The predicted octanol–water partition coefficient (Wildman–Crippen LogP) is 3.72. The first-order chi connectivity index (χ1) is 11.5. The summed E-state index contributed by atoms with van der Waals surface area (Å²) in [6, 6.07) is 0. The zero-order chi connectivity index (χ0) is 18.6. The van der Waals surface area contributed by atoms with Crippen LogP contribution in [0, 0.1) is 13.8 Å². The van der Waals surface area contributed by atoms with Crippen LogP contribution in [0.4, 0.5) is 19.0 Å². The second-order valence-corrected chi connectivity index (χ2v) is 7.35. The van der Waals surface area contributed by atoms with Crippen molar-refractivity contribution in [3.8, 4) is 0 Å². The average molecular weight is 351 g/mol. The summed E-state index contributed by atoms with van der Waals surface area (Å²) >= 11 is 0. The predicted molar refractivity (Wildman–Crippen MR) is 87.1 cm³/mol. The Morgan fingerprint density at radius 1 is 0.960 bits per heavy atom. The molecule has 8 heteroatoms. The van der Waals surface area contributed by atoms with Gasteiger partial charge in [0.2, 0.25) is 5.82 Å². The van der Waals surface area contributed by atoms with Gasteiger partial charge in [-0.2, -0.15) is 13.2 Å². The molecule has 0 radical (unpaired) electrons. The molecule has 0 bridgehead atoms. The van der Waals surface area contributed by atoms with Gasteiger partial charge in [-0.1, -0.05) is 20.8 Å². The van der Waals surface area contributed by atoms with Crippen molar-refractivity contribution in [2.45, 2.75) is 59.3 Å². The van der Waals surface area contributed by atoms with Crippen molar-refractivity contribution < 1.29 is 13.2 Å². The first-order valence-electron chi connectivity index (χ1n) is 7.99. The lowest BCUT2D eigenvalue weighted by atomic mass is 9.95. The molecule has 25 heavy (non-hydrogen) atoms. The summed E-state index contributed by atoms with van der Waals surface area (Å²) in [7, 11) is 0. The highest BCUT2D eigenvalue weighted by Crippen LogP contribution is 2.33. The third kappa shape index (κ3) is 3.29. The van der Waals surface area contributed by atoms with E-state index in [-0.39, 0.29) is 5.41 Å². The maximum atomic E-state index is 13.0. The zero-order valence-corrected chi connectivity index (χ0v) is 14.9. The van der Waals surface area contributed by atoms with E-state index in [2.05, 4.69) is 19.9 Å². The van der Waals surface area contributed by atoms with Gasteiger partial charge < -0.3 is 4.90 Å². The van der Waals surface area contributed by atoms with Crippen molar-refractivity contribution in [3.63, 3.8) is 0 Å². The molecule has 3 heterocycles. The molecule has 134 valence electrons. The Bertz CT molecular complexity index is 824. The minimum absolute atomic E-state index is 0.187. The molecule has 0 atom stereocenters. The normalized spacial score (nSPS) is 14.8. The SMILES string of the molecule is Cc1nc(C(F)(F)F)nc(N2Cc3cnc(C(C)(C)C)nc3C2)c1C. The molecule has 0 saturated heterocycles. The van der Waals surface area contributed by atoms with Gasteiger partial charge in [0, 0.05) is 35.0 Å². The lowest BCUT2D eigenvalue weighted by Crippen LogP contribution is -2.22. The number of fused-ring (bicyclic) bond motifs is 1. The largest absolute Gasteiger partial charge is 0.451 e. The van der Waals surface area contributed by atoms with Crippen molar-refractivity contribution in [3.05, 3.63) is 40.4 Å². The first kappa shape index (κ1) is 17.6. The second-order valence-electron chi connectivity index (χ2n) is 7.35. The van der Waals surface area contributed by atoms with Crippen molar-refractivity contribution in [1.29, 1.82) is 0 Å². The number of aryl methyl sites for hydroxylation is 1. The topological polar surface area (TPSA) is 54.8 Å². The number of hydrogen-bond donors (Lipinski definition) is 0. The number of aromatic nitrogens is 4. The summed E-state index contributed by atoms with van der Waals surface area (Å²) in [6.45, 7) is 10.2. The van der Waals surface area contributed by atoms with Gasteiger partial charge in [0.15, 0.2) is 0 Å². The van der Waals surface area contributed by atoms with E-state index in [0.29, 0.717) is 30.2 Å². The minimum Gasteiger partial charge on any atom is -0.346 e. The van der Waals surface area contributed by atoms with Crippen LogP contribution in [-0.4, -0.2) is 19.9 Å². The third-order valence-electron chi connectivity index (χ3n) is 4.24. The molecule has 0 fully saturated rings. The Kier molecular flexibility index (Phi) is 3.96. The molecule has 0 unspecified atom stereocenters. The van der Waals surface area contributed by atoms with E-state index in [1.165, 1.54) is 0 Å². The summed E-state index contributed by atoms with van der Waals surface area (Å²) in [5, 5.41) is 0.